The second-order valence-electron chi connectivity index (χ2n) is 8.30. The maximum atomic E-state index is 2.12. The van der Waals surface area contributed by atoms with Crippen molar-refractivity contribution in [2.24, 2.45) is 35.0 Å². The normalized spacial score (nSPS) is 60.4. The summed E-state index contributed by atoms with van der Waals surface area (Å²) in [6, 6.07) is 0. The molecule has 6 saturated carbocycles. The van der Waals surface area contributed by atoms with Crippen molar-refractivity contribution in [3.8, 4) is 0 Å². The van der Waals surface area contributed by atoms with Gasteiger partial charge in [0.15, 0.2) is 0 Å². The van der Waals surface area contributed by atoms with E-state index >= 15 is 0 Å². The van der Waals surface area contributed by atoms with Gasteiger partial charge in [-0.3, -0.25) is 0 Å². The summed E-state index contributed by atoms with van der Waals surface area (Å²) in [7, 11) is 0. The summed E-state index contributed by atoms with van der Waals surface area (Å²) in [6.45, 7) is 0. The van der Waals surface area contributed by atoms with Gasteiger partial charge in [-0.15, -0.1) is 0 Å². The van der Waals surface area contributed by atoms with E-state index in [4.69, 9.17) is 0 Å². The summed E-state index contributed by atoms with van der Waals surface area (Å²) in [6.07, 6.45) is 16.0. The Labute approximate surface area is 106 Å². The third-order valence-electron chi connectivity index (χ3n) is 7.26. The highest BCUT2D eigenvalue weighted by Gasteiger charge is 2.58. The van der Waals surface area contributed by atoms with E-state index in [1.807, 2.05) is 0 Å². The van der Waals surface area contributed by atoms with Crippen molar-refractivity contribution in [3.05, 3.63) is 5.92 Å². The van der Waals surface area contributed by atoms with E-state index in [1.165, 1.54) is 0 Å². The third kappa shape index (κ3) is 1.25. The first kappa shape index (κ1) is 9.87. The number of hydrogen-bond acceptors (Lipinski definition) is 0. The zero-order valence-corrected chi connectivity index (χ0v) is 11.0. The van der Waals surface area contributed by atoms with Crippen LogP contribution in [0.3, 0.4) is 0 Å². The van der Waals surface area contributed by atoms with Crippen molar-refractivity contribution in [1.82, 2.24) is 0 Å². The summed E-state index contributed by atoms with van der Waals surface area (Å²) < 4.78 is 0. The zero-order valence-electron chi connectivity index (χ0n) is 11.0. The lowest BCUT2D eigenvalue weighted by molar-refractivity contribution is -0.0517. The second-order valence-corrected chi connectivity index (χ2v) is 8.30. The topological polar surface area (TPSA) is 0 Å². The van der Waals surface area contributed by atoms with Crippen LogP contribution < -0.4 is 0 Å². The van der Waals surface area contributed by atoms with Gasteiger partial charge < -0.3 is 0 Å². The lowest BCUT2D eigenvalue weighted by Gasteiger charge is -2.60. The minimum atomic E-state index is 0.800. The Hall–Kier alpha value is 0. The molecule has 6 aliphatic rings. The molecule has 6 rings (SSSR count). The van der Waals surface area contributed by atoms with Crippen LogP contribution in [0, 0.1) is 40.9 Å². The van der Waals surface area contributed by atoms with Crippen molar-refractivity contribution in [2.45, 2.75) is 64.2 Å². The Kier molecular flexibility index (Phi) is 1.81. The lowest BCUT2D eigenvalue weighted by atomic mass is 9.45. The zero-order chi connectivity index (χ0) is 11.0. The van der Waals surface area contributed by atoms with E-state index in [0.29, 0.717) is 0 Å². The molecular formula is C17H25. The van der Waals surface area contributed by atoms with Crippen LogP contribution in [0.15, 0.2) is 0 Å². The maximum absolute atomic E-state index is 2.12. The van der Waals surface area contributed by atoms with Crippen LogP contribution in [-0.4, -0.2) is 0 Å². The van der Waals surface area contributed by atoms with E-state index < -0.39 is 0 Å². The first-order chi connectivity index (χ1) is 8.31. The number of hydrogen-bond donors (Lipinski definition) is 0. The average molecular weight is 229 g/mol. The predicted molar refractivity (Wildman–Crippen MR) is 69.3 cm³/mol. The molecule has 0 spiro atoms. The molecule has 6 aliphatic carbocycles. The van der Waals surface area contributed by atoms with Gasteiger partial charge >= 0.3 is 0 Å². The van der Waals surface area contributed by atoms with Crippen molar-refractivity contribution < 1.29 is 0 Å². The minimum absolute atomic E-state index is 0.800. The SMILES string of the molecule is C1CC2CC1C[C]2C12CC3CC(CC(C3)C1)C2. The molecule has 0 aromatic rings. The summed E-state index contributed by atoms with van der Waals surface area (Å²) in [5.74, 6) is 7.78. The van der Waals surface area contributed by atoms with E-state index in [2.05, 4.69) is 5.92 Å². The predicted octanol–water partition coefficient (Wildman–Crippen LogP) is 4.60. The van der Waals surface area contributed by atoms with E-state index in [0.717, 1.165) is 35.0 Å². The van der Waals surface area contributed by atoms with Crippen molar-refractivity contribution in [2.75, 3.05) is 0 Å². The molecule has 0 heterocycles. The van der Waals surface area contributed by atoms with Gasteiger partial charge in [-0.05, 0) is 98.7 Å². The highest BCUT2D eigenvalue weighted by Crippen LogP contribution is 2.69. The first-order valence-electron chi connectivity index (χ1n) is 8.17. The standard InChI is InChI=1S/C17H25/c1-2-15-6-11(1)7-16(15)17-8-12-3-13(9-17)5-14(4-12)10-17/h11-15H,1-10H2. The Morgan fingerprint density at radius 1 is 0.706 bits per heavy atom. The fourth-order valence-corrected chi connectivity index (χ4v) is 7.21. The molecule has 0 aliphatic heterocycles. The van der Waals surface area contributed by atoms with Crippen LogP contribution in [0.5, 0.6) is 0 Å². The summed E-state index contributed by atoms with van der Waals surface area (Å²) in [4.78, 5) is 0. The van der Waals surface area contributed by atoms with Crippen molar-refractivity contribution in [1.29, 1.82) is 0 Å². The van der Waals surface area contributed by atoms with Crippen LogP contribution in [0.25, 0.3) is 0 Å². The molecule has 0 saturated heterocycles. The highest BCUT2D eigenvalue weighted by molar-refractivity contribution is 5.22. The molecule has 6 fully saturated rings. The highest BCUT2D eigenvalue weighted by atomic mass is 14.6. The van der Waals surface area contributed by atoms with Gasteiger partial charge in [0.05, 0.1) is 0 Å². The van der Waals surface area contributed by atoms with Crippen LogP contribution in [-0.2, 0) is 0 Å². The monoisotopic (exact) mass is 229 g/mol. The molecule has 0 amide bonds. The first-order valence-corrected chi connectivity index (χ1v) is 8.17. The van der Waals surface area contributed by atoms with E-state index in [9.17, 15) is 0 Å². The Morgan fingerprint density at radius 3 is 1.82 bits per heavy atom. The molecule has 2 unspecified atom stereocenters. The van der Waals surface area contributed by atoms with Gasteiger partial charge in [-0.2, -0.15) is 0 Å². The molecule has 0 heteroatoms. The quantitative estimate of drug-likeness (QED) is 0.616. The summed E-state index contributed by atoms with van der Waals surface area (Å²) >= 11 is 0. The molecule has 0 aromatic heterocycles. The molecule has 17 heavy (non-hydrogen) atoms. The molecular weight excluding hydrogens is 204 g/mol. The van der Waals surface area contributed by atoms with Gasteiger partial charge in [0.1, 0.15) is 0 Å². The molecule has 0 nitrogen and oxygen atoms in total. The third-order valence-corrected chi connectivity index (χ3v) is 7.26. The molecule has 2 atom stereocenters. The molecule has 0 N–H and O–H groups in total. The fraction of sp³-hybridized carbons (Fsp3) is 0.941. The van der Waals surface area contributed by atoms with E-state index in [1.54, 1.807) is 64.2 Å². The Balaban J connectivity index is 1.50. The molecule has 93 valence electrons. The Morgan fingerprint density at radius 2 is 1.35 bits per heavy atom. The van der Waals surface area contributed by atoms with Crippen molar-refractivity contribution in [3.63, 3.8) is 0 Å². The van der Waals surface area contributed by atoms with Crippen LogP contribution in [0.1, 0.15) is 64.2 Å². The molecule has 0 aromatic carbocycles. The van der Waals surface area contributed by atoms with Crippen LogP contribution >= 0.6 is 0 Å². The largest absolute Gasteiger partial charge is 0.0501 e. The second kappa shape index (κ2) is 3.11. The smallest absolute Gasteiger partial charge is 0.0145 e. The maximum Gasteiger partial charge on any atom is -0.0145 e. The van der Waals surface area contributed by atoms with Crippen molar-refractivity contribution >= 4 is 0 Å². The molecule has 6 bridgehead atoms. The number of rotatable bonds is 1. The van der Waals surface area contributed by atoms with Crippen LogP contribution in [0.4, 0.5) is 0 Å². The van der Waals surface area contributed by atoms with Gasteiger partial charge in [-0.1, -0.05) is 6.42 Å². The fourth-order valence-electron chi connectivity index (χ4n) is 7.21. The summed E-state index contributed by atoms with van der Waals surface area (Å²) in [5, 5.41) is 0. The average Bonchev–Trinajstić information content (AvgIpc) is 2.88. The van der Waals surface area contributed by atoms with Gasteiger partial charge in [0.25, 0.3) is 0 Å². The molecule has 1 radical (unpaired) electrons. The van der Waals surface area contributed by atoms with E-state index in [-0.39, 0.29) is 0 Å². The van der Waals surface area contributed by atoms with Gasteiger partial charge in [-0.25, -0.2) is 0 Å². The number of fused-ring (bicyclic) bond motifs is 2. The Bertz CT molecular complexity index is 307. The lowest BCUT2D eigenvalue weighted by Crippen LogP contribution is -2.49. The van der Waals surface area contributed by atoms with Gasteiger partial charge in [0, 0.05) is 0 Å². The summed E-state index contributed by atoms with van der Waals surface area (Å²) in [5.41, 5.74) is 0.800. The minimum Gasteiger partial charge on any atom is -0.0501 e. The van der Waals surface area contributed by atoms with Crippen LogP contribution in [0.2, 0.25) is 0 Å². The van der Waals surface area contributed by atoms with Gasteiger partial charge in [0.2, 0.25) is 0 Å².